The summed E-state index contributed by atoms with van der Waals surface area (Å²) in [5.41, 5.74) is 0. The van der Waals surface area contributed by atoms with E-state index in [-0.39, 0.29) is 0 Å². The van der Waals surface area contributed by atoms with Crippen molar-refractivity contribution in [2.24, 2.45) is 0 Å². The molecule has 0 aromatic rings. The molecule has 3 nitrogen and oxygen atoms in total. The van der Waals surface area contributed by atoms with Crippen LogP contribution in [0.1, 0.15) is 19.8 Å². The van der Waals surface area contributed by atoms with Crippen molar-refractivity contribution in [1.29, 1.82) is 0 Å². The molecule has 0 fully saturated rings. The molecule has 0 spiro atoms. The molecule has 0 aliphatic heterocycles. The molecule has 0 radical (unpaired) electrons. The molecule has 0 aromatic heterocycles. The Balaban J connectivity index is 3.71. The van der Waals surface area contributed by atoms with Gasteiger partial charge in [0.05, 0.1) is 0 Å². The van der Waals surface area contributed by atoms with E-state index in [9.17, 15) is 4.79 Å². The van der Waals surface area contributed by atoms with Crippen molar-refractivity contribution < 1.29 is 15.0 Å². The highest BCUT2D eigenvalue weighted by atomic mass is 16.4. The van der Waals surface area contributed by atoms with Crippen molar-refractivity contribution in [3.05, 3.63) is 48.3 Å². The van der Waals surface area contributed by atoms with Crippen molar-refractivity contribution in [1.82, 2.24) is 0 Å². The highest BCUT2D eigenvalue weighted by molar-refractivity contribution is 5.83. The quantitative estimate of drug-likeness (QED) is 0.305. The number of allylic oxidation sites excluding steroid dienone is 7. The number of unbranched alkanes of at least 4 members (excludes halogenated alkanes) is 1. The molecule has 0 aromatic carbocycles. The second kappa shape index (κ2) is 8.81. The summed E-state index contributed by atoms with van der Waals surface area (Å²) in [4.78, 5) is 10.2. The van der Waals surface area contributed by atoms with Gasteiger partial charge < -0.3 is 10.2 Å². The van der Waals surface area contributed by atoms with Crippen LogP contribution in [0.2, 0.25) is 0 Å². The van der Waals surface area contributed by atoms with Gasteiger partial charge in [-0.2, -0.15) is 0 Å². The van der Waals surface area contributed by atoms with Gasteiger partial charge in [-0.05, 0) is 25.8 Å². The molecule has 0 bridgehead atoms. The number of rotatable bonds is 6. The van der Waals surface area contributed by atoms with Crippen molar-refractivity contribution >= 4 is 5.97 Å². The molecule has 15 heavy (non-hydrogen) atoms. The highest BCUT2D eigenvalue weighted by Crippen LogP contribution is 1.97. The highest BCUT2D eigenvalue weighted by Gasteiger charge is 2.00. The van der Waals surface area contributed by atoms with Gasteiger partial charge in [-0.3, -0.25) is 0 Å². The zero-order valence-corrected chi connectivity index (χ0v) is 8.76. The summed E-state index contributed by atoms with van der Waals surface area (Å²) in [5, 5.41) is 17.1. The Labute approximate surface area is 89.7 Å². The van der Waals surface area contributed by atoms with Gasteiger partial charge in [-0.1, -0.05) is 36.5 Å². The number of carboxylic acids is 1. The summed E-state index contributed by atoms with van der Waals surface area (Å²) in [6.45, 7) is 1.94. The molecule has 0 heterocycles. The molecular formula is C12H16O3. The summed E-state index contributed by atoms with van der Waals surface area (Å²) in [6, 6.07) is 0. The molecule has 0 aliphatic rings. The monoisotopic (exact) mass is 208 g/mol. The Morgan fingerprint density at radius 2 is 1.73 bits per heavy atom. The minimum atomic E-state index is -1.29. The molecule has 3 heteroatoms. The summed E-state index contributed by atoms with van der Waals surface area (Å²) in [7, 11) is 0. The topological polar surface area (TPSA) is 57.5 Å². The lowest BCUT2D eigenvalue weighted by Crippen LogP contribution is -1.98. The third kappa shape index (κ3) is 8.56. The largest absolute Gasteiger partial charge is 0.502 e. The van der Waals surface area contributed by atoms with E-state index in [1.54, 1.807) is 0 Å². The second-order valence-corrected chi connectivity index (χ2v) is 2.81. The fraction of sp³-hybridized carbons (Fsp3) is 0.250. The molecular weight excluding hydrogens is 192 g/mol. The van der Waals surface area contributed by atoms with Crippen LogP contribution in [0.25, 0.3) is 0 Å². The number of aliphatic hydroxyl groups excluding tert-OH is 1. The molecule has 0 saturated heterocycles. The first kappa shape index (κ1) is 13.2. The zero-order chi connectivity index (χ0) is 11.5. The minimum Gasteiger partial charge on any atom is -0.502 e. The van der Waals surface area contributed by atoms with Crippen LogP contribution in [0.4, 0.5) is 0 Å². The summed E-state index contributed by atoms with van der Waals surface area (Å²) >= 11 is 0. The normalized spacial score (nSPS) is 13.3. The minimum absolute atomic E-state index is 0.520. The molecule has 82 valence electrons. The van der Waals surface area contributed by atoms with Crippen molar-refractivity contribution in [3.63, 3.8) is 0 Å². The summed E-state index contributed by atoms with van der Waals surface area (Å²) < 4.78 is 0. The van der Waals surface area contributed by atoms with Crippen molar-refractivity contribution in [2.75, 3.05) is 0 Å². The predicted octanol–water partition coefficient (Wildman–Crippen LogP) is 2.98. The number of aliphatic carboxylic acids is 1. The fourth-order valence-corrected chi connectivity index (χ4v) is 0.818. The van der Waals surface area contributed by atoms with E-state index in [2.05, 4.69) is 0 Å². The summed E-state index contributed by atoms with van der Waals surface area (Å²) in [6.07, 6.45) is 13.9. The molecule has 0 aliphatic carbocycles. The average molecular weight is 208 g/mol. The van der Waals surface area contributed by atoms with Crippen LogP contribution < -0.4 is 0 Å². The molecule has 0 atom stereocenters. The number of carboxylic acid groups (broad SMARTS) is 1. The first-order chi connectivity index (χ1) is 7.18. The van der Waals surface area contributed by atoms with Crippen molar-refractivity contribution in [3.8, 4) is 0 Å². The number of hydrogen-bond acceptors (Lipinski definition) is 2. The van der Waals surface area contributed by atoms with Crippen molar-refractivity contribution in [2.45, 2.75) is 19.8 Å². The van der Waals surface area contributed by atoms with E-state index >= 15 is 0 Å². The second-order valence-electron chi connectivity index (χ2n) is 2.81. The number of carbonyl (C=O) groups is 1. The van der Waals surface area contributed by atoms with Gasteiger partial charge in [0.1, 0.15) is 0 Å². The van der Waals surface area contributed by atoms with E-state index in [1.807, 2.05) is 43.4 Å². The Hall–Kier alpha value is -1.77. The Bertz CT molecular complexity index is 296. The van der Waals surface area contributed by atoms with Crippen LogP contribution in [0.15, 0.2) is 48.3 Å². The van der Waals surface area contributed by atoms with Gasteiger partial charge in [0.25, 0.3) is 0 Å². The maximum absolute atomic E-state index is 10.2. The predicted molar refractivity (Wildman–Crippen MR) is 60.7 cm³/mol. The Kier molecular flexibility index (Phi) is 7.77. The van der Waals surface area contributed by atoms with E-state index in [0.717, 1.165) is 0 Å². The molecule has 0 unspecified atom stereocenters. The summed E-state index contributed by atoms with van der Waals surface area (Å²) in [5.74, 6) is -1.88. The number of aliphatic hydroxyl groups is 1. The van der Waals surface area contributed by atoms with Gasteiger partial charge in [-0.25, -0.2) is 4.79 Å². The third-order valence-electron chi connectivity index (χ3n) is 1.55. The van der Waals surface area contributed by atoms with Gasteiger partial charge in [0.15, 0.2) is 5.76 Å². The van der Waals surface area contributed by atoms with E-state index in [0.29, 0.717) is 12.8 Å². The van der Waals surface area contributed by atoms with E-state index < -0.39 is 11.7 Å². The smallest absolute Gasteiger partial charge is 0.370 e. The van der Waals surface area contributed by atoms with Gasteiger partial charge >= 0.3 is 5.97 Å². The van der Waals surface area contributed by atoms with Crippen LogP contribution in [0, 0.1) is 0 Å². The van der Waals surface area contributed by atoms with Gasteiger partial charge in [0, 0.05) is 0 Å². The lowest BCUT2D eigenvalue weighted by Gasteiger charge is -1.90. The maximum Gasteiger partial charge on any atom is 0.370 e. The average Bonchev–Trinajstić information content (AvgIpc) is 2.21. The van der Waals surface area contributed by atoms with Crippen LogP contribution >= 0.6 is 0 Å². The maximum atomic E-state index is 10.2. The fourth-order valence-electron chi connectivity index (χ4n) is 0.818. The molecule has 0 rings (SSSR count). The SMILES string of the molecule is C/C=C/C=C/C=C/CC/C=C(\O)C(=O)O. The van der Waals surface area contributed by atoms with Crippen LogP contribution in [-0.4, -0.2) is 16.2 Å². The molecule has 0 amide bonds. The molecule has 0 saturated carbocycles. The van der Waals surface area contributed by atoms with Gasteiger partial charge in [-0.15, -0.1) is 0 Å². The van der Waals surface area contributed by atoms with Crippen LogP contribution in [0.5, 0.6) is 0 Å². The third-order valence-corrected chi connectivity index (χ3v) is 1.55. The lowest BCUT2D eigenvalue weighted by atomic mass is 10.2. The Morgan fingerprint density at radius 1 is 1.07 bits per heavy atom. The molecule has 2 N–H and O–H groups in total. The van der Waals surface area contributed by atoms with E-state index in [4.69, 9.17) is 10.2 Å². The van der Waals surface area contributed by atoms with Gasteiger partial charge in [0.2, 0.25) is 0 Å². The van der Waals surface area contributed by atoms with E-state index in [1.165, 1.54) is 6.08 Å². The zero-order valence-electron chi connectivity index (χ0n) is 8.76. The first-order valence-electron chi connectivity index (χ1n) is 4.75. The number of hydrogen-bond donors (Lipinski definition) is 2. The van der Waals surface area contributed by atoms with Crippen LogP contribution in [0.3, 0.4) is 0 Å². The van der Waals surface area contributed by atoms with Crippen LogP contribution in [-0.2, 0) is 4.79 Å². The standard InChI is InChI=1S/C12H16O3/c1-2-3-4-5-6-7-8-9-10-11(13)12(14)15/h2-7,10,13H,8-9H2,1H3,(H,14,15)/b3-2+,5-4+,7-6+,11-10-. The Morgan fingerprint density at radius 3 is 2.33 bits per heavy atom. The lowest BCUT2D eigenvalue weighted by molar-refractivity contribution is -0.135. The first-order valence-corrected chi connectivity index (χ1v) is 4.75.